The summed E-state index contributed by atoms with van der Waals surface area (Å²) in [6.45, 7) is 3.91. The van der Waals surface area contributed by atoms with Crippen molar-refractivity contribution in [2.24, 2.45) is 5.92 Å². The van der Waals surface area contributed by atoms with Gasteiger partial charge in [-0.2, -0.15) is 0 Å². The van der Waals surface area contributed by atoms with Crippen LogP contribution in [0.25, 0.3) is 0 Å². The lowest BCUT2D eigenvalue weighted by Gasteiger charge is -2.34. The number of nitrogens with one attached hydrogen (secondary N) is 1. The van der Waals surface area contributed by atoms with Crippen molar-refractivity contribution < 1.29 is 0 Å². The van der Waals surface area contributed by atoms with E-state index in [0.29, 0.717) is 16.0 Å². The summed E-state index contributed by atoms with van der Waals surface area (Å²) >= 11 is 18.3. The molecule has 1 heterocycles. The Labute approximate surface area is 170 Å². The van der Waals surface area contributed by atoms with Crippen LogP contribution in [0, 0.1) is 5.92 Å². The van der Waals surface area contributed by atoms with Gasteiger partial charge in [0.2, 0.25) is 0 Å². The van der Waals surface area contributed by atoms with E-state index in [9.17, 15) is 0 Å². The van der Waals surface area contributed by atoms with Crippen molar-refractivity contribution in [1.29, 1.82) is 0 Å². The maximum atomic E-state index is 6.14. The number of hydrogen-bond donors (Lipinski definition) is 1. The molecule has 0 saturated carbocycles. The zero-order chi connectivity index (χ0) is 15.5. The fourth-order valence-electron chi connectivity index (χ4n) is 2.58. The molecular weight excluding hydrogens is 409 g/mol. The first kappa shape index (κ1) is 21.7. The van der Waals surface area contributed by atoms with Crippen molar-refractivity contribution in [3.05, 3.63) is 63.1 Å². The van der Waals surface area contributed by atoms with Crippen LogP contribution in [0.1, 0.15) is 5.56 Å². The number of benzene rings is 2. The molecule has 1 aliphatic rings. The molecular formula is C17H19Cl5N2. The smallest absolute Gasteiger partial charge is 0.0595 e. The van der Waals surface area contributed by atoms with Gasteiger partial charge in [0.25, 0.3) is 0 Å². The third-order valence-corrected chi connectivity index (χ3v) is 4.85. The molecule has 2 aromatic rings. The van der Waals surface area contributed by atoms with Gasteiger partial charge in [-0.25, -0.2) is 0 Å². The van der Waals surface area contributed by atoms with Gasteiger partial charge in [0.1, 0.15) is 0 Å². The van der Waals surface area contributed by atoms with Gasteiger partial charge < -0.3 is 10.2 Å². The van der Waals surface area contributed by atoms with Gasteiger partial charge in [-0.15, -0.1) is 24.8 Å². The van der Waals surface area contributed by atoms with E-state index in [1.165, 1.54) is 0 Å². The highest BCUT2D eigenvalue weighted by molar-refractivity contribution is 6.42. The molecule has 1 fully saturated rings. The van der Waals surface area contributed by atoms with Crippen molar-refractivity contribution in [2.45, 2.75) is 6.54 Å². The summed E-state index contributed by atoms with van der Waals surface area (Å²) in [4.78, 5) is 2.34. The van der Waals surface area contributed by atoms with Gasteiger partial charge in [-0.1, -0.05) is 46.9 Å². The predicted octanol–water partition coefficient (Wildman–Crippen LogP) is 5.72. The second-order valence-corrected chi connectivity index (χ2v) is 6.88. The van der Waals surface area contributed by atoms with Crippen LogP contribution >= 0.6 is 59.6 Å². The summed E-state index contributed by atoms with van der Waals surface area (Å²) in [5.74, 6) is 0.668. The van der Waals surface area contributed by atoms with Gasteiger partial charge >= 0.3 is 0 Å². The normalized spacial score (nSPS) is 13.5. The maximum absolute atomic E-state index is 6.14. The molecule has 0 aromatic heterocycles. The minimum Gasteiger partial charge on any atom is -0.367 e. The average molecular weight is 429 g/mol. The van der Waals surface area contributed by atoms with Crippen molar-refractivity contribution in [1.82, 2.24) is 5.32 Å². The number of halogens is 5. The van der Waals surface area contributed by atoms with Gasteiger partial charge in [-0.05, 0) is 35.9 Å². The molecule has 0 unspecified atom stereocenters. The predicted molar refractivity (Wildman–Crippen MR) is 110 cm³/mol. The minimum absolute atomic E-state index is 0. The molecule has 0 radical (unpaired) electrons. The highest BCUT2D eigenvalue weighted by Gasteiger charge is 2.21. The van der Waals surface area contributed by atoms with Crippen LogP contribution in [-0.2, 0) is 6.54 Å². The van der Waals surface area contributed by atoms with Crippen molar-refractivity contribution in [3.8, 4) is 0 Å². The molecule has 2 nitrogen and oxygen atoms in total. The maximum Gasteiger partial charge on any atom is 0.0595 e. The summed E-state index contributed by atoms with van der Waals surface area (Å²) in [7, 11) is 0. The number of anilines is 1. The lowest BCUT2D eigenvalue weighted by molar-refractivity contribution is 0.348. The standard InChI is InChI=1S/C17H17Cl3N2.2ClH/c18-14-2-1-3-15(7-14)22(11-13-8-21-9-13)10-12-4-5-16(19)17(20)6-12;;/h1-7,13,21H,8-11H2;2*1H. The molecule has 1 N–H and O–H groups in total. The minimum atomic E-state index is 0. The molecule has 2 aromatic carbocycles. The van der Waals surface area contributed by atoms with Crippen LogP contribution < -0.4 is 10.2 Å². The third kappa shape index (κ3) is 5.59. The Morgan fingerprint density at radius 2 is 1.71 bits per heavy atom. The van der Waals surface area contributed by atoms with Crippen LogP contribution in [0.5, 0.6) is 0 Å². The van der Waals surface area contributed by atoms with E-state index in [1.54, 1.807) is 0 Å². The summed E-state index contributed by atoms with van der Waals surface area (Å²) in [5.41, 5.74) is 2.27. The first-order valence-electron chi connectivity index (χ1n) is 7.27. The van der Waals surface area contributed by atoms with E-state index in [2.05, 4.69) is 16.3 Å². The molecule has 3 rings (SSSR count). The lowest BCUT2D eigenvalue weighted by Crippen LogP contribution is -2.48. The first-order valence-corrected chi connectivity index (χ1v) is 8.40. The molecule has 0 spiro atoms. The second kappa shape index (κ2) is 9.96. The van der Waals surface area contributed by atoms with E-state index in [-0.39, 0.29) is 24.8 Å². The van der Waals surface area contributed by atoms with Crippen LogP contribution in [0.4, 0.5) is 5.69 Å². The monoisotopic (exact) mass is 426 g/mol. The highest BCUT2D eigenvalue weighted by Crippen LogP contribution is 2.26. The van der Waals surface area contributed by atoms with E-state index in [4.69, 9.17) is 34.8 Å². The van der Waals surface area contributed by atoms with Gasteiger partial charge in [0.15, 0.2) is 0 Å². The molecule has 0 bridgehead atoms. The highest BCUT2D eigenvalue weighted by atomic mass is 35.5. The van der Waals surface area contributed by atoms with E-state index in [0.717, 1.165) is 42.5 Å². The summed E-state index contributed by atoms with van der Waals surface area (Å²) in [6.07, 6.45) is 0. The molecule has 0 aliphatic carbocycles. The summed E-state index contributed by atoms with van der Waals surface area (Å²) < 4.78 is 0. The van der Waals surface area contributed by atoms with E-state index in [1.807, 2.05) is 36.4 Å². The lowest BCUT2D eigenvalue weighted by atomic mass is 10.0. The van der Waals surface area contributed by atoms with Crippen LogP contribution in [-0.4, -0.2) is 19.6 Å². The Morgan fingerprint density at radius 1 is 0.958 bits per heavy atom. The van der Waals surface area contributed by atoms with E-state index < -0.39 is 0 Å². The number of rotatable bonds is 5. The van der Waals surface area contributed by atoms with Crippen LogP contribution in [0.2, 0.25) is 15.1 Å². The van der Waals surface area contributed by atoms with Gasteiger partial charge in [0.05, 0.1) is 10.0 Å². The fourth-order valence-corrected chi connectivity index (χ4v) is 3.09. The summed E-state index contributed by atoms with van der Waals surface area (Å²) in [5, 5.41) is 5.25. The molecule has 1 aliphatic heterocycles. The van der Waals surface area contributed by atoms with Crippen molar-refractivity contribution in [2.75, 3.05) is 24.5 Å². The van der Waals surface area contributed by atoms with Crippen LogP contribution in [0.3, 0.4) is 0 Å². The molecule has 1 saturated heterocycles. The zero-order valence-electron chi connectivity index (χ0n) is 12.8. The Balaban J connectivity index is 0.00000144. The first-order chi connectivity index (χ1) is 10.6. The SMILES string of the molecule is Cl.Cl.Clc1cccc(N(Cc2ccc(Cl)c(Cl)c2)CC2CNC2)c1. The average Bonchev–Trinajstić information content (AvgIpc) is 2.45. The number of nitrogens with zero attached hydrogens (tertiary/aromatic N) is 1. The van der Waals surface area contributed by atoms with Crippen molar-refractivity contribution in [3.63, 3.8) is 0 Å². The molecule has 0 amide bonds. The fraction of sp³-hybridized carbons (Fsp3) is 0.294. The Morgan fingerprint density at radius 3 is 2.29 bits per heavy atom. The molecule has 24 heavy (non-hydrogen) atoms. The van der Waals surface area contributed by atoms with Crippen LogP contribution in [0.15, 0.2) is 42.5 Å². The third-order valence-electron chi connectivity index (χ3n) is 3.88. The quantitative estimate of drug-likeness (QED) is 0.656. The van der Waals surface area contributed by atoms with E-state index >= 15 is 0 Å². The topological polar surface area (TPSA) is 15.3 Å². The van der Waals surface area contributed by atoms with Gasteiger partial charge in [-0.3, -0.25) is 0 Å². The Bertz CT molecular complexity index is 661. The molecule has 7 heteroatoms. The Kier molecular flexibility index (Phi) is 9.00. The molecule has 0 atom stereocenters. The summed E-state index contributed by atoms with van der Waals surface area (Å²) in [6, 6.07) is 13.8. The number of hydrogen-bond acceptors (Lipinski definition) is 2. The zero-order valence-corrected chi connectivity index (χ0v) is 16.7. The van der Waals surface area contributed by atoms with Crippen molar-refractivity contribution >= 4 is 65.3 Å². The second-order valence-electron chi connectivity index (χ2n) is 5.63. The Hall–Kier alpha value is -0.350. The molecule has 132 valence electrons. The largest absolute Gasteiger partial charge is 0.367 e. The van der Waals surface area contributed by atoms with Gasteiger partial charge in [0, 0.05) is 42.8 Å².